The number of rotatable bonds is 3. The van der Waals surface area contributed by atoms with Gasteiger partial charge in [-0.2, -0.15) is 10.5 Å². The molecule has 12 rings (SSSR count). The van der Waals surface area contributed by atoms with E-state index in [4.69, 9.17) is 0 Å². The number of benzene rings is 8. The molecule has 0 radical (unpaired) electrons. The molecule has 4 aromatic heterocycles. The zero-order valence-electron chi connectivity index (χ0n) is 29.6. The molecule has 258 valence electrons. The van der Waals surface area contributed by atoms with Gasteiger partial charge in [-0.05, 0) is 54.1 Å². The van der Waals surface area contributed by atoms with Crippen LogP contribution in [0, 0.1) is 22.7 Å². The van der Waals surface area contributed by atoms with Gasteiger partial charge in [0.2, 0.25) is 0 Å². The van der Waals surface area contributed by atoms with Gasteiger partial charge in [0.1, 0.15) is 0 Å². The van der Waals surface area contributed by atoms with Crippen LogP contribution in [-0.2, 0) is 0 Å². The first-order valence-electron chi connectivity index (χ1n) is 18.5. The Bertz CT molecular complexity index is 3540. The topological polar surface area (TPSA) is 57.4 Å². The van der Waals surface area contributed by atoms with Gasteiger partial charge < -0.3 is 9.13 Å². The van der Waals surface area contributed by atoms with E-state index in [0.717, 1.165) is 66.1 Å². The van der Waals surface area contributed by atoms with E-state index in [9.17, 15) is 10.5 Å². The minimum absolute atomic E-state index is 0.555. The first-order valence-corrected chi connectivity index (χ1v) is 20.1. The standard InChI is InChI=1S/C50H26N4S2/c51-27-29-10-9-11-31(24-29)46-42(53-40-16-5-1-12-32(40)36-20-22-38-34-14-3-7-18-44(34)55-49(38)47(36)53)25-30(28-52)26-43(46)54-41-17-6-2-13-33(41)37-21-23-39-35-15-4-8-19-45(35)56-50(39)48(37)54/h1-26H. The maximum absolute atomic E-state index is 10.9. The van der Waals surface area contributed by atoms with Crippen molar-refractivity contribution >= 4 is 107 Å². The largest absolute Gasteiger partial charge is 0.307 e. The Morgan fingerprint density at radius 1 is 0.393 bits per heavy atom. The highest BCUT2D eigenvalue weighted by atomic mass is 32.1. The number of aromatic nitrogens is 2. The van der Waals surface area contributed by atoms with Gasteiger partial charge in [0.25, 0.3) is 0 Å². The lowest BCUT2D eigenvalue weighted by Crippen LogP contribution is -2.05. The number of thiophene rings is 2. The molecule has 0 spiro atoms. The second-order valence-corrected chi connectivity index (χ2v) is 16.4. The van der Waals surface area contributed by atoms with Crippen LogP contribution < -0.4 is 0 Å². The van der Waals surface area contributed by atoms with E-state index in [2.05, 4.69) is 149 Å². The lowest BCUT2D eigenvalue weighted by molar-refractivity contribution is 1.14. The fourth-order valence-electron chi connectivity index (χ4n) is 9.03. The monoisotopic (exact) mass is 746 g/mol. The number of nitriles is 2. The molecule has 0 amide bonds. The quantitative estimate of drug-likeness (QED) is 0.181. The van der Waals surface area contributed by atoms with Crippen LogP contribution in [0.25, 0.3) is 106 Å². The van der Waals surface area contributed by atoms with Crippen molar-refractivity contribution in [2.75, 3.05) is 0 Å². The van der Waals surface area contributed by atoms with Gasteiger partial charge in [-0.3, -0.25) is 0 Å². The van der Waals surface area contributed by atoms with E-state index in [0.29, 0.717) is 11.1 Å². The second-order valence-electron chi connectivity index (χ2n) is 14.3. The van der Waals surface area contributed by atoms with Crippen molar-refractivity contribution in [2.24, 2.45) is 0 Å². The van der Waals surface area contributed by atoms with Crippen LogP contribution in [-0.4, -0.2) is 9.13 Å². The third kappa shape index (κ3) is 4.20. The third-order valence-electron chi connectivity index (χ3n) is 11.3. The molecule has 56 heavy (non-hydrogen) atoms. The maximum atomic E-state index is 10.9. The Morgan fingerprint density at radius 2 is 0.857 bits per heavy atom. The highest BCUT2D eigenvalue weighted by Gasteiger charge is 2.26. The van der Waals surface area contributed by atoms with Crippen molar-refractivity contribution in [3.05, 3.63) is 169 Å². The minimum Gasteiger partial charge on any atom is -0.307 e. The average Bonchev–Trinajstić information content (AvgIpc) is 4.01. The fraction of sp³-hybridized carbons (Fsp3) is 0. The van der Waals surface area contributed by atoms with E-state index in [-0.39, 0.29) is 0 Å². The first kappa shape index (κ1) is 31.2. The molecule has 0 fully saturated rings. The number of hydrogen-bond donors (Lipinski definition) is 0. The van der Waals surface area contributed by atoms with Crippen molar-refractivity contribution in [1.29, 1.82) is 10.5 Å². The molecule has 0 aliphatic heterocycles. The summed E-state index contributed by atoms with van der Waals surface area (Å²) in [6.07, 6.45) is 0. The summed E-state index contributed by atoms with van der Waals surface area (Å²) in [6.45, 7) is 0. The van der Waals surface area contributed by atoms with Gasteiger partial charge >= 0.3 is 0 Å². The molecular weight excluding hydrogens is 721 g/mol. The van der Waals surface area contributed by atoms with Crippen LogP contribution in [0.15, 0.2) is 158 Å². The van der Waals surface area contributed by atoms with Crippen molar-refractivity contribution in [3.8, 4) is 34.6 Å². The molecule has 12 aromatic rings. The normalized spacial score (nSPS) is 11.9. The van der Waals surface area contributed by atoms with Gasteiger partial charge in [0.05, 0.1) is 66.1 Å². The van der Waals surface area contributed by atoms with Crippen molar-refractivity contribution < 1.29 is 0 Å². The van der Waals surface area contributed by atoms with Crippen LogP contribution in [0.4, 0.5) is 0 Å². The Morgan fingerprint density at radius 3 is 1.38 bits per heavy atom. The van der Waals surface area contributed by atoms with Crippen LogP contribution in [0.3, 0.4) is 0 Å². The molecule has 0 aliphatic rings. The molecule has 0 saturated carbocycles. The summed E-state index contributed by atoms with van der Waals surface area (Å²) in [4.78, 5) is 0. The van der Waals surface area contributed by atoms with Crippen molar-refractivity contribution in [3.63, 3.8) is 0 Å². The summed E-state index contributed by atoms with van der Waals surface area (Å²) in [5, 5.41) is 30.6. The Balaban J connectivity index is 1.33. The van der Waals surface area contributed by atoms with Crippen molar-refractivity contribution in [1.82, 2.24) is 9.13 Å². The molecule has 8 aromatic carbocycles. The van der Waals surface area contributed by atoms with Crippen LogP contribution >= 0.6 is 22.7 Å². The average molecular weight is 747 g/mol. The molecular formula is C50H26N4S2. The number of hydrogen-bond acceptors (Lipinski definition) is 4. The summed E-state index contributed by atoms with van der Waals surface area (Å²) in [7, 11) is 0. The molecule has 0 aliphatic carbocycles. The lowest BCUT2D eigenvalue weighted by Gasteiger charge is -2.21. The highest BCUT2D eigenvalue weighted by Crippen LogP contribution is 2.48. The van der Waals surface area contributed by atoms with Gasteiger partial charge in [0, 0.05) is 58.1 Å². The summed E-state index contributed by atoms with van der Waals surface area (Å²) >= 11 is 3.62. The number of fused-ring (bicyclic) bond motifs is 14. The van der Waals surface area contributed by atoms with Gasteiger partial charge in [-0.15, -0.1) is 22.7 Å². The predicted molar refractivity (Wildman–Crippen MR) is 236 cm³/mol. The fourth-order valence-corrected chi connectivity index (χ4v) is 11.5. The van der Waals surface area contributed by atoms with Crippen LogP contribution in [0.5, 0.6) is 0 Å². The predicted octanol–water partition coefficient (Wildman–Crippen LogP) is 14.0. The van der Waals surface area contributed by atoms with Gasteiger partial charge in [-0.1, -0.05) is 109 Å². The van der Waals surface area contributed by atoms with Gasteiger partial charge in [0.15, 0.2) is 0 Å². The van der Waals surface area contributed by atoms with E-state index in [1.54, 1.807) is 0 Å². The zero-order chi connectivity index (χ0) is 37.1. The number of nitrogens with zero attached hydrogens (tertiary/aromatic N) is 4. The van der Waals surface area contributed by atoms with Crippen LogP contribution in [0.2, 0.25) is 0 Å². The SMILES string of the molecule is N#Cc1cccc(-c2c(-n3c4ccccc4c4ccc5c6ccccc6sc5c43)cc(C#N)cc2-n2c3ccccc3c3ccc4c5ccccc5sc4c32)c1. The highest BCUT2D eigenvalue weighted by molar-refractivity contribution is 7.27. The molecule has 4 heterocycles. The molecule has 0 atom stereocenters. The summed E-state index contributed by atoms with van der Waals surface area (Å²) < 4.78 is 9.62. The molecule has 0 bridgehead atoms. The Labute approximate surface area is 328 Å². The van der Waals surface area contributed by atoms with E-state index < -0.39 is 0 Å². The van der Waals surface area contributed by atoms with E-state index in [1.807, 2.05) is 53.0 Å². The first-order chi connectivity index (χ1) is 27.7. The summed E-state index contributed by atoms with van der Waals surface area (Å²) in [5.74, 6) is 0. The molecule has 0 saturated heterocycles. The second kappa shape index (κ2) is 11.6. The Hall–Kier alpha value is -7.22. The summed E-state index contributed by atoms with van der Waals surface area (Å²) in [5.41, 5.74) is 9.09. The zero-order valence-corrected chi connectivity index (χ0v) is 31.2. The molecule has 6 heteroatoms. The molecule has 0 N–H and O–H groups in total. The van der Waals surface area contributed by atoms with Crippen molar-refractivity contribution in [2.45, 2.75) is 0 Å². The smallest absolute Gasteiger partial charge is 0.0993 e. The van der Waals surface area contributed by atoms with E-state index >= 15 is 0 Å². The summed E-state index contributed by atoms with van der Waals surface area (Å²) in [6, 6.07) is 60.4. The minimum atomic E-state index is 0.555. The van der Waals surface area contributed by atoms with Gasteiger partial charge in [-0.25, -0.2) is 0 Å². The third-order valence-corrected chi connectivity index (χ3v) is 13.7. The Kier molecular flexibility index (Phi) is 6.48. The molecule has 0 unspecified atom stereocenters. The van der Waals surface area contributed by atoms with Crippen LogP contribution in [0.1, 0.15) is 11.1 Å². The molecule has 4 nitrogen and oxygen atoms in total. The number of para-hydroxylation sites is 2. The van der Waals surface area contributed by atoms with E-state index in [1.165, 1.54) is 40.3 Å². The lowest BCUT2D eigenvalue weighted by atomic mass is 9.96. The maximum Gasteiger partial charge on any atom is 0.0993 e.